The van der Waals surface area contributed by atoms with Gasteiger partial charge in [-0.2, -0.15) is 0 Å². The van der Waals surface area contributed by atoms with E-state index in [9.17, 15) is 4.79 Å². The van der Waals surface area contributed by atoms with E-state index in [0.29, 0.717) is 30.2 Å². The van der Waals surface area contributed by atoms with Gasteiger partial charge in [0.1, 0.15) is 5.75 Å². The van der Waals surface area contributed by atoms with E-state index in [0.717, 1.165) is 24.5 Å². The summed E-state index contributed by atoms with van der Waals surface area (Å²) < 4.78 is 16.5. The molecule has 0 aromatic heterocycles. The summed E-state index contributed by atoms with van der Waals surface area (Å²) in [5, 5.41) is 0. The van der Waals surface area contributed by atoms with E-state index in [1.54, 1.807) is 32.4 Å². The molecule has 1 saturated heterocycles. The Bertz CT molecular complexity index is 814. The number of hydrogen-bond acceptors (Lipinski definition) is 5. The van der Waals surface area contributed by atoms with Crippen LogP contribution in [0.25, 0.3) is 0 Å². The molecule has 1 aliphatic rings. The number of piperazine rings is 1. The van der Waals surface area contributed by atoms with E-state index in [4.69, 9.17) is 14.2 Å². The quantitative estimate of drug-likeness (QED) is 0.764. The van der Waals surface area contributed by atoms with Gasteiger partial charge in [0.15, 0.2) is 11.5 Å². The van der Waals surface area contributed by atoms with Gasteiger partial charge in [-0.15, -0.1) is 0 Å². The Hall–Kier alpha value is -2.89. The molecular weight excluding hydrogens is 356 g/mol. The molecule has 0 N–H and O–H groups in total. The second-order valence-electron chi connectivity index (χ2n) is 6.98. The third-order valence-corrected chi connectivity index (χ3v) is 4.77. The molecule has 0 saturated carbocycles. The average molecular weight is 384 g/mol. The number of ether oxygens (including phenoxy) is 3. The monoisotopic (exact) mass is 384 g/mol. The lowest BCUT2D eigenvalue weighted by Gasteiger charge is -2.37. The molecule has 1 amide bonds. The number of amides is 1. The maximum absolute atomic E-state index is 12.9. The van der Waals surface area contributed by atoms with E-state index in [1.807, 2.05) is 36.9 Å². The molecule has 6 nitrogen and oxygen atoms in total. The van der Waals surface area contributed by atoms with Crippen LogP contribution in [0.1, 0.15) is 24.2 Å². The summed E-state index contributed by atoms with van der Waals surface area (Å²) in [5.74, 6) is 2.07. The zero-order valence-corrected chi connectivity index (χ0v) is 17.0. The van der Waals surface area contributed by atoms with Gasteiger partial charge >= 0.3 is 0 Å². The first-order valence-corrected chi connectivity index (χ1v) is 9.55. The van der Waals surface area contributed by atoms with Crippen LogP contribution in [0.3, 0.4) is 0 Å². The summed E-state index contributed by atoms with van der Waals surface area (Å²) >= 11 is 0. The van der Waals surface area contributed by atoms with Crippen molar-refractivity contribution in [3.8, 4) is 17.2 Å². The van der Waals surface area contributed by atoms with Crippen LogP contribution in [0.5, 0.6) is 17.2 Å². The number of nitrogens with zero attached hydrogens (tertiary/aromatic N) is 2. The summed E-state index contributed by atoms with van der Waals surface area (Å²) in [4.78, 5) is 17.1. The molecule has 0 atom stereocenters. The highest BCUT2D eigenvalue weighted by molar-refractivity contribution is 5.95. The zero-order chi connectivity index (χ0) is 20.1. The fourth-order valence-corrected chi connectivity index (χ4v) is 3.37. The van der Waals surface area contributed by atoms with Crippen LogP contribution >= 0.6 is 0 Å². The number of para-hydroxylation sites is 2. The summed E-state index contributed by atoms with van der Waals surface area (Å²) in [7, 11) is 3.15. The lowest BCUT2D eigenvalue weighted by atomic mass is 10.1. The summed E-state index contributed by atoms with van der Waals surface area (Å²) in [6, 6.07) is 13.4. The SMILES string of the molecule is COc1ccc(C(=O)N2CCN(c3ccccc3OC(C)C)CC2)cc1OC. The number of methoxy groups -OCH3 is 2. The third kappa shape index (κ3) is 4.32. The molecule has 0 radical (unpaired) electrons. The maximum atomic E-state index is 12.9. The molecule has 0 bridgehead atoms. The molecule has 0 aliphatic carbocycles. The topological polar surface area (TPSA) is 51.2 Å². The first kappa shape index (κ1) is 19.9. The van der Waals surface area contributed by atoms with Crippen LogP contribution in [0.15, 0.2) is 42.5 Å². The first-order chi connectivity index (χ1) is 13.5. The highest BCUT2D eigenvalue weighted by Crippen LogP contribution is 2.31. The van der Waals surface area contributed by atoms with Crippen LogP contribution in [-0.2, 0) is 0 Å². The maximum Gasteiger partial charge on any atom is 0.254 e. The minimum Gasteiger partial charge on any atom is -0.493 e. The van der Waals surface area contributed by atoms with Crippen molar-refractivity contribution in [1.29, 1.82) is 0 Å². The minimum atomic E-state index is 0.00678. The van der Waals surface area contributed by atoms with E-state index in [1.165, 1.54) is 0 Å². The lowest BCUT2D eigenvalue weighted by molar-refractivity contribution is 0.0746. The Morgan fingerprint density at radius 2 is 1.57 bits per heavy atom. The van der Waals surface area contributed by atoms with Crippen molar-refractivity contribution in [1.82, 2.24) is 4.90 Å². The average Bonchev–Trinajstić information content (AvgIpc) is 2.73. The second kappa shape index (κ2) is 8.87. The lowest BCUT2D eigenvalue weighted by Crippen LogP contribution is -2.48. The van der Waals surface area contributed by atoms with Crippen LogP contribution in [0, 0.1) is 0 Å². The highest BCUT2D eigenvalue weighted by atomic mass is 16.5. The van der Waals surface area contributed by atoms with Gasteiger partial charge in [-0.1, -0.05) is 12.1 Å². The van der Waals surface area contributed by atoms with Crippen LogP contribution in [0.4, 0.5) is 5.69 Å². The van der Waals surface area contributed by atoms with Gasteiger partial charge in [-0.05, 0) is 44.2 Å². The fraction of sp³-hybridized carbons (Fsp3) is 0.409. The van der Waals surface area contributed by atoms with Crippen molar-refractivity contribution < 1.29 is 19.0 Å². The van der Waals surface area contributed by atoms with Crippen LogP contribution in [0.2, 0.25) is 0 Å². The standard InChI is InChI=1S/C22H28N2O4/c1-16(2)28-19-8-6-5-7-18(19)23-11-13-24(14-12-23)22(25)17-9-10-20(26-3)21(15-17)27-4/h5-10,15-16H,11-14H2,1-4H3. The number of hydrogen-bond donors (Lipinski definition) is 0. The van der Waals surface area contributed by atoms with Crippen molar-refractivity contribution in [2.45, 2.75) is 20.0 Å². The molecule has 0 unspecified atom stereocenters. The molecule has 6 heteroatoms. The molecule has 28 heavy (non-hydrogen) atoms. The number of carbonyl (C=O) groups excluding carboxylic acids is 1. The van der Waals surface area contributed by atoms with E-state index in [2.05, 4.69) is 11.0 Å². The predicted molar refractivity (Wildman–Crippen MR) is 110 cm³/mol. The van der Waals surface area contributed by atoms with Gasteiger partial charge < -0.3 is 24.0 Å². The van der Waals surface area contributed by atoms with Crippen molar-refractivity contribution in [3.63, 3.8) is 0 Å². The van der Waals surface area contributed by atoms with Crippen LogP contribution in [-0.4, -0.2) is 57.3 Å². The van der Waals surface area contributed by atoms with Gasteiger partial charge in [0, 0.05) is 31.7 Å². The molecule has 1 heterocycles. The van der Waals surface area contributed by atoms with Crippen LogP contribution < -0.4 is 19.1 Å². The largest absolute Gasteiger partial charge is 0.493 e. The normalized spacial score (nSPS) is 14.2. The Morgan fingerprint density at radius 3 is 2.21 bits per heavy atom. The van der Waals surface area contributed by atoms with Gasteiger partial charge in [0.2, 0.25) is 0 Å². The Morgan fingerprint density at radius 1 is 0.893 bits per heavy atom. The van der Waals surface area contributed by atoms with Gasteiger partial charge in [-0.3, -0.25) is 4.79 Å². The van der Waals surface area contributed by atoms with E-state index >= 15 is 0 Å². The molecule has 2 aromatic rings. The summed E-state index contributed by atoms with van der Waals surface area (Å²) in [6.07, 6.45) is 0.120. The molecule has 0 spiro atoms. The van der Waals surface area contributed by atoms with Crippen molar-refractivity contribution in [2.24, 2.45) is 0 Å². The Kier molecular flexibility index (Phi) is 6.29. The summed E-state index contributed by atoms with van der Waals surface area (Å²) in [5.41, 5.74) is 1.68. The van der Waals surface area contributed by atoms with E-state index in [-0.39, 0.29) is 12.0 Å². The molecular formula is C22H28N2O4. The predicted octanol–water partition coefficient (Wildman–Crippen LogP) is 3.45. The summed E-state index contributed by atoms with van der Waals surface area (Å²) in [6.45, 7) is 6.88. The number of benzene rings is 2. The molecule has 3 rings (SSSR count). The number of anilines is 1. The number of rotatable bonds is 6. The van der Waals surface area contributed by atoms with Gasteiger partial charge in [0.05, 0.1) is 26.0 Å². The first-order valence-electron chi connectivity index (χ1n) is 9.55. The fourth-order valence-electron chi connectivity index (χ4n) is 3.37. The zero-order valence-electron chi connectivity index (χ0n) is 17.0. The smallest absolute Gasteiger partial charge is 0.254 e. The molecule has 1 fully saturated rings. The van der Waals surface area contributed by atoms with Gasteiger partial charge in [-0.25, -0.2) is 0 Å². The second-order valence-corrected chi connectivity index (χ2v) is 6.98. The third-order valence-electron chi connectivity index (χ3n) is 4.77. The minimum absolute atomic E-state index is 0.00678. The Balaban J connectivity index is 1.68. The molecule has 1 aliphatic heterocycles. The molecule has 150 valence electrons. The number of carbonyl (C=O) groups is 1. The van der Waals surface area contributed by atoms with E-state index < -0.39 is 0 Å². The molecule has 2 aromatic carbocycles. The highest BCUT2D eigenvalue weighted by Gasteiger charge is 2.24. The van der Waals surface area contributed by atoms with Crippen molar-refractivity contribution >= 4 is 11.6 Å². The Labute approximate surface area is 166 Å². The van der Waals surface area contributed by atoms with Crippen molar-refractivity contribution in [3.05, 3.63) is 48.0 Å². The van der Waals surface area contributed by atoms with Gasteiger partial charge in [0.25, 0.3) is 5.91 Å². The van der Waals surface area contributed by atoms with Crippen molar-refractivity contribution in [2.75, 3.05) is 45.3 Å².